The zero-order valence-corrected chi connectivity index (χ0v) is 18.4. The molecule has 8 heteroatoms. The van der Waals surface area contributed by atoms with Crippen LogP contribution >= 0.6 is 0 Å². The van der Waals surface area contributed by atoms with E-state index in [0.717, 1.165) is 49.8 Å². The molecule has 1 atom stereocenters. The number of nitrogens with zero attached hydrogens (tertiary/aromatic N) is 2. The van der Waals surface area contributed by atoms with Crippen molar-refractivity contribution in [2.24, 2.45) is 0 Å². The summed E-state index contributed by atoms with van der Waals surface area (Å²) in [5, 5.41) is 5.40. The summed E-state index contributed by atoms with van der Waals surface area (Å²) in [4.78, 5) is 31.8. The highest BCUT2D eigenvalue weighted by Crippen LogP contribution is 2.12. The normalized spacial score (nSPS) is 14.8. The number of nitrogens with one attached hydrogen (secondary N) is 2. The number of amides is 2. The summed E-state index contributed by atoms with van der Waals surface area (Å²) in [5.41, 5.74) is 1.32. The van der Waals surface area contributed by atoms with E-state index in [9.17, 15) is 18.4 Å². The van der Waals surface area contributed by atoms with Gasteiger partial charge in [-0.15, -0.1) is 0 Å². The molecule has 1 fully saturated rings. The molecule has 32 heavy (non-hydrogen) atoms. The third kappa shape index (κ3) is 7.37. The number of halogens is 2. The van der Waals surface area contributed by atoms with Gasteiger partial charge in [0.2, 0.25) is 11.8 Å². The van der Waals surface area contributed by atoms with Crippen LogP contribution in [0.4, 0.5) is 14.6 Å². The maximum atomic E-state index is 13.3. The minimum absolute atomic E-state index is 0.210. The molecule has 0 aliphatic carbocycles. The second kappa shape index (κ2) is 11.7. The predicted octanol–water partition coefficient (Wildman–Crippen LogP) is 3.46. The molecule has 0 radical (unpaired) electrons. The molecular formula is C24H30F2N4O2. The van der Waals surface area contributed by atoms with Crippen LogP contribution < -0.4 is 10.6 Å². The zero-order valence-electron chi connectivity index (χ0n) is 18.4. The Morgan fingerprint density at radius 1 is 1.09 bits per heavy atom. The van der Waals surface area contributed by atoms with Gasteiger partial charge in [-0.3, -0.25) is 9.59 Å². The molecule has 0 saturated carbocycles. The van der Waals surface area contributed by atoms with Crippen LogP contribution in [-0.2, 0) is 22.4 Å². The number of anilines is 1. The van der Waals surface area contributed by atoms with Gasteiger partial charge in [0.05, 0.1) is 6.42 Å². The maximum Gasteiger partial charge on any atom is 0.248 e. The first kappa shape index (κ1) is 23.8. The fraction of sp³-hybridized carbons (Fsp3) is 0.458. The SMILES string of the molecule is CCCC(NC(=O)Cc1cc(F)cc(F)c1)C(=O)Nc1ccc(CCN2CCCC2)cn1. The Balaban J connectivity index is 1.52. The fourth-order valence-electron chi connectivity index (χ4n) is 3.85. The monoisotopic (exact) mass is 444 g/mol. The number of carbonyl (C=O) groups excluding carboxylic acids is 2. The number of pyridine rings is 1. The van der Waals surface area contributed by atoms with Gasteiger partial charge < -0.3 is 15.5 Å². The number of hydrogen-bond donors (Lipinski definition) is 2. The molecule has 6 nitrogen and oxygen atoms in total. The van der Waals surface area contributed by atoms with Gasteiger partial charge in [-0.05, 0) is 68.1 Å². The number of hydrogen-bond acceptors (Lipinski definition) is 4. The minimum atomic E-state index is -0.762. The molecule has 2 N–H and O–H groups in total. The number of carbonyl (C=O) groups is 2. The van der Waals surface area contributed by atoms with Gasteiger partial charge in [0.15, 0.2) is 0 Å². The van der Waals surface area contributed by atoms with Crippen molar-refractivity contribution in [2.75, 3.05) is 25.0 Å². The molecule has 1 aliphatic rings. The van der Waals surface area contributed by atoms with Gasteiger partial charge in [-0.2, -0.15) is 0 Å². The van der Waals surface area contributed by atoms with Crippen LogP contribution in [0.1, 0.15) is 43.7 Å². The van der Waals surface area contributed by atoms with Gasteiger partial charge in [-0.1, -0.05) is 19.4 Å². The molecule has 3 rings (SSSR count). The topological polar surface area (TPSA) is 74.3 Å². The van der Waals surface area contributed by atoms with E-state index in [1.807, 2.05) is 13.0 Å². The Hall–Kier alpha value is -2.87. The number of likely N-dealkylation sites (tertiary alicyclic amines) is 1. The van der Waals surface area contributed by atoms with Crippen LogP contribution in [-0.4, -0.2) is 47.4 Å². The summed E-state index contributed by atoms with van der Waals surface area (Å²) in [7, 11) is 0. The van der Waals surface area contributed by atoms with Gasteiger partial charge in [0, 0.05) is 18.8 Å². The van der Waals surface area contributed by atoms with E-state index < -0.39 is 23.6 Å². The molecule has 2 amide bonds. The predicted molar refractivity (Wildman–Crippen MR) is 119 cm³/mol. The molecular weight excluding hydrogens is 414 g/mol. The average molecular weight is 445 g/mol. The molecule has 0 spiro atoms. The van der Waals surface area contributed by atoms with Crippen LogP contribution in [0.25, 0.3) is 0 Å². The van der Waals surface area contributed by atoms with E-state index in [1.54, 1.807) is 12.3 Å². The van der Waals surface area contributed by atoms with Crippen LogP contribution in [0.3, 0.4) is 0 Å². The molecule has 1 aromatic heterocycles. The molecule has 2 heterocycles. The number of aromatic nitrogens is 1. The van der Waals surface area contributed by atoms with Gasteiger partial charge in [0.1, 0.15) is 23.5 Å². The average Bonchev–Trinajstić information content (AvgIpc) is 3.26. The first-order valence-electron chi connectivity index (χ1n) is 11.2. The van der Waals surface area contributed by atoms with Crippen molar-refractivity contribution in [1.82, 2.24) is 15.2 Å². The van der Waals surface area contributed by atoms with Crippen molar-refractivity contribution in [3.05, 3.63) is 59.3 Å². The molecule has 172 valence electrons. The van der Waals surface area contributed by atoms with Crippen molar-refractivity contribution in [3.8, 4) is 0 Å². The Morgan fingerprint density at radius 3 is 2.44 bits per heavy atom. The highest BCUT2D eigenvalue weighted by molar-refractivity contribution is 5.96. The molecule has 0 bridgehead atoms. The Bertz CT molecular complexity index is 894. The quantitative estimate of drug-likeness (QED) is 0.589. The van der Waals surface area contributed by atoms with E-state index in [4.69, 9.17) is 0 Å². The van der Waals surface area contributed by atoms with Crippen LogP contribution in [0, 0.1) is 11.6 Å². The summed E-state index contributed by atoms with van der Waals surface area (Å²) < 4.78 is 26.7. The standard InChI is InChI=1S/C24H30F2N4O2/c1-2-5-21(28-23(31)14-18-12-19(25)15-20(26)13-18)24(32)29-22-7-6-17(16-27-22)8-11-30-9-3-4-10-30/h6-7,12-13,15-16,21H,2-5,8-11,14H2,1H3,(H,28,31)(H,27,29,32). The van der Waals surface area contributed by atoms with Gasteiger partial charge in [-0.25, -0.2) is 13.8 Å². The Kier molecular flexibility index (Phi) is 8.67. The highest BCUT2D eigenvalue weighted by atomic mass is 19.1. The smallest absolute Gasteiger partial charge is 0.248 e. The maximum absolute atomic E-state index is 13.3. The van der Waals surface area contributed by atoms with Gasteiger partial charge in [0.25, 0.3) is 0 Å². The minimum Gasteiger partial charge on any atom is -0.344 e. The first-order chi connectivity index (χ1) is 15.4. The van der Waals surface area contributed by atoms with Crippen molar-refractivity contribution in [1.29, 1.82) is 0 Å². The van der Waals surface area contributed by atoms with Gasteiger partial charge >= 0.3 is 0 Å². The third-order valence-corrected chi connectivity index (χ3v) is 5.51. The van der Waals surface area contributed by atoms with Crippen LogP contribution in [0.2, 0.25) is 0 Å². The third-order valence-electron chi connectivity index (χ3n) is 5.51. The van der Waals surface area contributed by atoms with Crippen molar-refractivity contribution in [2.45, 2.75) is 51.5 Å². The van der Waals surface area contributed by atoms with Crippen molar-refractivity contribution < 1.29 is 18.4 Å². The van der Waals surface area contributed by atoms with Crippen molar-refractivity contribution >= 4 is 17.6 Å². The lowest BCUT2D eigenvalue weighted by molar-refractivity contribution is -0.126. The Labute approximate surface area is 187 Å². The first-order valence-corrected chi connectivity index (χ1v) is 11.2. The molecule has 1 aliphatic heterocycles. The lowest BCUT2D eigenvalue weighted by atomic mass is 10.1. The summed E-state index contributed by atoms with van der Waals surface area (Å²) in [5.74, 6) is -1.92. The van der Waals surface area contributed by atoms with Crippen LogP contribution in [0.5, 0.6) is 0 Å². The second-order valence-electron chi connectivity index (χ2n) is 8.20. The van der Waals surface area contributed by atoms with E-state index in [0.29, 0.717) is 18.7 Å². The Morgan fingerprint density at radius 2 is 1.81 bits per heavy atom. The lowest BCUT2D eigenvalue weighted by Gasteiger charge is -2.18. The lowest BCUT2D eigenvalue weighted by Crippen LogP contribution is -2.44. The van der Waals surface area contributed by atoms with Crippen molar-refractivity contribution in [3.63, 3.8) is 0 Å². The summed E-state index contributed by atoms with van der Waals surface area (Å²) in [6.07, 6.45) is 6.09. The number of benzene rings is 1. The fourth-order valence-corrected chi connectivity index (χ4v) is 3.85. The largest absolute Gasteiger partial charge is 0.344 e. The molecule has 1 aromatic carbocycles. The zero-order chi connectivity index (χ0) is 22.9. The number of rotatable bonds is 10. The van der Waals surface area contributed by atoms with E-state index in [-0.39, 0.29) is 17.9 Å². The summed E-state index contributed by atoms with van der Waals surface area (Å²) >= 11 is 0. The second-order valence-corrected chi connectivity index (χ2v) is 8.20. The highest BCUT2D eigenvalue weighted by Gasteiger charge is 2.21. The molecule has 2 aromatic rings. The van der Waals surface area contributed by atoms with E-state index in [1.165, 1.54) is 12.8 Å². The summed E-state index contributed by atoms with van der Waals surface area (Å²) in [6.45, 7) is 5.22. The molecule has 1 saturated heterocycles. The van der Waals surface area contributed by atoms with E-state index >= 15 is 0 Å². The summed E-state index contributed by atoms with van der Waals surface area (Å²) in [6, 6.07) is 5.91. The van der Waals surface area contributed by atoms with Crippen LogP contribution in [0.15, 0.2) is 36.5 Å². The molecule has 1 unspecified atom stereocenters. The van der Waals surface area contributed by atoms with E-state index in [2.05, 4.69) is 20.5 Å².